The first-order chi connectivity index (χ1) is 12.5. The van der Waals surface area contributed by atoms with Crippen LogP contribution in [0.5, 0.6) is 0 Å². The third-order valence-corrected chi connectivity index (χ3v) is 4.88. The van der Waals surface area contributed by atoms with Gasteiger partial charge in [0, 0.05) is 19.1 Å². The minimum Gasteiger partial charge on any atom is -0.378 e. The Kier molecular flexibility index (Phi) is 6.16. The monoisotopic (exact) mass is 375 g/mol. The van der Waals surface area contributed by atoms with E-state index < -0.39 is 0 Å². The molecule has 1 aliphatic heterocycles. The maximum Gasteiger partial charge on any atom is 0.232 e. The number of thioether (sulfide) groups is 1. The van der Waals surface area contributed by atoms with Crippen molar-refractivity contribution < 1.29 is 9.53 Å². The summed E-state index contributed by atoms with van der Waals surface area (Å²) in [5.41, 5.74) is 2.17. The Morgan fingerprint density at radius 3 is 2.77 bits per heavy atom. The van der Waals surface area contributed by atoms with Gasteiger partial charge in [-0.1, -0.05) is 23.9 Å². The van der Waals surface area contributed by atoms with Gasteiger partial charge < -0.3 is 15.0 Å². The molecule has 1 aromatic carbocycles. The molecule has 1 fully saturated rings. The van der Waals surface area contributed by atoms with Crippen LogP contribution in [0, 0.1) is 6.92 Å². The van der Waals surface area contributed by atoms with Gasteiger partial charge in [-0.05, 0) is 38.5 Å². The number of hydrogen-bond acceptors (Lipinski definition) is 6. The Morgan fingerprint density at radius 1 is 1.31 bits per heavy atom. The first-order valence-electron chi connectivity index (χ1n) is 8.82. The molecule has 0 atom stereocenters. The predicted octanol–water partition coefficient (Wildman–Crippen LogP) is 2.03. The number of carbonyl (C=O) groups is 1. The van der Waals surface area contributed by atoms with Crippen molar-refractivity contribution in [3.63, 3.8) is 0 Å². The van der Waals surface area contributed by atoms with Gasteiger partial charge in [-0.2, -0.15) is 0 Å². The summed E-state index contributed by atoms with van der Waals surface area (Å²) in [6.45, 7) is 8.89. The highest BCUT2D eigenvalue weighted by Crippen LogP contribution is 2.27. The number of benzene rings is 1. The second kappa shape index (κ2) is 8.55. The topological polar surface area (TPSA) is 72.3 Å². The average molecular weight is 375 g/mol. The number of aromatic nitrogens is 3. The van der Waals surface area contributed by atoms with E-state index in [-0.39, 0.29) is 11.9 Å². The van der Waals surface area contributed by atoms with Crippen LogP contribution in [0.4, 0.5) is 5.95 Å². The number of aryl methyl sites for hydroxylation is 1. The molecule has 2 heterocycles. The second-order valence-corrected chi connectivity index (χ2v) is 7.51. The number of nitrogens with zero attached hydrogens (tertiary/aromatic N) is 4. The lowest BCUT2D eigenvalue weighted by Gasteiger charge is -2.28. The maximum absolute atomic E-state index is 12.0. The number of morpholine rings is 1. The number of anilines is 1. The average Bonchev–Trinajstić information content (AvgIpc) is 3.04. The molecule has 1 amide bonds. The van der Waals surface area contributed by atoms with Gasteiger partial charge in [0.15, 0.2) is 5.16 Å². The summed E-state index contributed by atoms with van der Waals surface area (Å²) < 4.78 is 7.48. The van der Waals surface area contributed by atoms with Crippen LogP contribution in [0.2, 0.25) is 0 Å². The molecular formula is C18H25N5O2S. The molecule has 0 aliphatic carbocycles. The lowest BCUT2D eigenvalue weighted by Crippen LogP contribution is -2.38. The first kappa shape index (κ1) is 18.7. The van der Waals surface area contributed by atoms with Gasteiger partial charge in [0.05, 0.1) is 24.7 Å². The summed E-state index contributed by atoms with van der Waals surface area (Å²) >= 11 is 1.40. The Morgan fingerprint density at radius 2 is 2.08 bits per heavy atom. The third-order valence-electron chi connectivity index (χ3n) is 3.95. The van der Waals surface area contributed by atoms with Crippen molar-refractivity contribution in [2.75, 3.05) is 37.0 Å². The molecule has 1 N–H and O–H groups in total. The van der Waals surface area contributed by atoms with Crippen molar-refractivity contribution in [2.24, 2.45) is 0 Å². The van der Waals surface area contributed by atoms with Crippen LogP contribution in [0.25, 0.3) is 5.69 Å². The van der Waals surface area contributed by atoms with E-state index in [0.29, 0.717) is 19.0 Å². The van der Waals surface area contributed by atoms with Gasteiger partial charge in [0.25, 0.3) is 0 Å². The van der Waals surface area contributed by atoms with E-state index in [1.165, 1.54) is 11.8 Å². The van der Waals surface area contributed by atoms with Crippen molar-refractivity contribution >= 4 is 23.6 Å². The normalized spacial score (nSPS) is 14.7. The van der Waals surface area contributed by atoms with Crippen molar-refractivity contribution in [1.29, 1.82) is 0 Å². The number of hydrogen-bond donors (Lipinski definition) is 1. The van der Waals surface area contributed by atoms with Crippen LogP contribution in [0.3, 0.4) is 0 Å². The van der Waals surface area contributed by atoms with Crippen LogP contribution in [-0.2, 0) is 9.53 Å². The third kappa shape index (κ3) is 4.56. The van der Waals surface area contributed by atoms with E-state index >= 15 is 0 Å². The summed E-state index contributed by atoms with van der Waals surface area (Å²) in [5, 5.41) is 12.4. The van der Waals surface area contributed by atoms with Crippen LogP contribution in [-0.4, -0.2) is 58.8 Å². The summed E-state index contributed by atoms with van der Waals surface area (Å²) in [5.74, 6) is 1.10. The molecule has 3 rings (SSSR count). The van der Waals surface area contributed by atoms with Crippen molar-refractivity contribution in [1.82, 2.24) is 20.1 Å². The molecular weight excluding hydrogens is 350 g/mol. The smallest absolute Gasteiger partial charge is 0.232 e. The van der Waals surface area contributed by atoms with Gasteiger partial charge in [-0.15, -0.1) is 10.2 Å². The molecule has 0 bridgehead atoms. The Labute approximate surface area is 158 Å². The zero-order chi connectivity index (χ0) is 18.5. The van der Waals surface area contributed by atoms with Gasteiger partial charge in [0.1, 0.15) is 0 Å². The van der Waals surface area contributed by atoms with Gasteiger partial charge in [0.2, 0.25) is 11.9 Å². The largest absolute Gasteiger partial charge is 0.378 e. The number of amides is 1. The van der Waals surface area contributed by atoms with E-state index in [9.17, 15) is 4.79 Å². The number of nitrogens with one attached hydrogen (secondary N) is 1. The fourth-order valence-electron chi connectivity index (χ4n) is 2.81. The van der Waals surface area contributed by atoms with Gasteiger partial charge in [-0.3, -0.25) is 9.36 Å². The molecule has 26 heavy (non-hydrogen) atoms. The molecule has 8 heteroatoms. The van der Waals surface area contributed by atoms with Gasteiger partial charge in [-0.25, -0.2) is 0 Å². The van der Waals surface area contributed by atoms with Crippen LogP contribution < -0.4 is 10.2 Å². The van der Waals surface area contributed by atoms with Crippen LogP contribution >= 0.6 is 11.8 Å². The number of carbonyl (C=O) groups excluding carboxylic acids is 1. The highest BCUT2D eigenvalue weighted by Gasteiger charge is 2.22. The molecule has 0 spiro atoms. The standard InChI is InChI=1S/C18H25N5O2S/c1-13(2)19-16(24)12-26-18-21-20-17(22-7-9-25-10-8-22)23(18)15-6-4-5-14(3)11-15/h4-6,11,13H,7-10,12H2,1-3H3,(H,19,24). The number of rotatable bonds is 6. The van der Waals surface area contributed by atoms with E-state index in [0.717, 1.165) is 35.4 Å². The quantitative estimate of drug-likeness (QED) is 0.779. The first-order valence-corrected chi connectivity index (χ1v) is 9.80. The molecule has 0 unspecified atom stereocenters. The molecule has 0 saturated carbocycles. The molecule has 1 aliphatic rings. The summed E-state index contributed by atoms with van der Waals surface area (Å²) in [6, 6.07) is 8.35. The minimum atomic E-state index is -0.00304. The lowest BCUT2D eigenvalue weighted by atomic mass is 10.2. The zero-order valence-electron chi connectivity index (χ0n) is 15.4. The summed E-state index contributed by atoms with van der Waals surface area (Å²) in [4.78, 5) is 14.2. The van der Waals surface area contributed by atoms with E-state index in [4.69, 9.17) is 4.74 Å². The van der Waals surface area contributed by atoms with Crippen LogP contribution in [0.1, 0.15) is 19.4 Å². The highest BCUT2D eigenvalue weighted by atomic mass is 32.2. The van der Waals surface area contributed by atoms with Crippen molar-refractivity contribution in [3.05, 3.63) is 29.8 Å². The van der Waals surface area contributed by atoms with Crippen LogP contribution in [0.15, 0.2) is 29.4 Å². The molecule has 140 valence electrons. The van der Waals surface area contributed by atoms with Crippen molar-refractivity contribution in [3.8, 4) is 5.69 Å². The van der Waals surface area contributed by atoms with Gasteiger partial charge >= 0.3 is 0 Å². The molecule has 1 saturated heterocycles. The maximum atomic E-state index is 12.0. The van der Waals surface area contributed by atoms with Crippen molar-refractivity contribution in [2.45, 2.75) is 32.0 Å². The predicted molar refractivity (Wildman–Crippen MR) is 103 cm³/mol. The Hall–Kier alpha value is -2.06. The Balaban J connectivity index is 1.88. The highest BCUT2D eigenvalue weighted by molar-refractivity contribution is 7.99. The minimum absolute atomic E-state index is 0.00304. The summed E-state index contributed by atoms with van der Waals surface area (Å²) in [7, 11) is 0. The zero-order valence-corrected chi connectivity index (χ0v) is 16.3. The molecule has 0 radical (unpaired) electrons. The fraction of sp³-hybridized carbons (Fsp3) is 0.500. The number of ether oxygens (including phenoxy) is 1. The molecule has 1 aromatic heterocycles. The van der Waals surface area contributed by atoms with E-state index in [2.05, 4.69) is 39.5 Å². The molecule has 7 nitrogen and oxygen atoms in total. The second-order valence-electron chi connectivity index (χ2n) is 6.57. The lowest BCUT2D eigenvalue weighted by molar-refractivity contribution is -0.119. The van der Waals surface area contributed by atoms with E-state index in [1.807, 2.05) is 30.5 Å². The van der Waals surface area contributed by atoms with E-state index in [1.54, 1.807) is 0 Å². The fourth-order valence-corrected chi connectivity index (χ4v) is 3.57. The summed E-state index contributed by atoms with van der Waals surface area (Å²) in [6.07, 6.45) is 0. The molecule has 2 aromatic rings. The Bertz CT molecular complexity index is 756. The SMILES string of the molecule is Cc1cccc(-n2c(SCC(=O)NC(C)C)nnc2N2CCOCC2)c1.